The van der Waals surface area contributed by atoms with Crippen molar-refractivity contribution in [3.63, 3.8) is 0 Å². The molecule has 1 aliphatic rings. The van der Waals surface area contributed by atoms with Crippen LogP contribution in [0.4, 0.5) is 0 Å². The van der Waals surface area contributed by atoms with Gasteiger partial charge in [-0.25, -0.2) is 0 Å². The van der Waals surface area contributed by atoms with Crippen molar-refractivity contribution in [2.75, 3.05) is 6.61 Å². The first-order valence-corrected chi connectivity index (χ1v) is 5.09. The molecule has 0 amide bonds. The fraction of sp³-hybridized carbons (Fsp3) is 0.500. The fourth-order valence-electron chi connectivity index (χ4n) is 1.53. The summed E-state index contributed by atoms with van der Waals surface area (Å²) in [6, 6.07) is 10.1. The normalized spacial score (nSPS) is 32.9. The summed E-state index contributed by atoms with van der Waals surface area (Å²) in [5.74, 6) is 0.481. The second kappa shape index (κ2) is 4.11. The van der Waals surface area contributed by atoms with Gasteiger partial charge in [0.25, 0.3) is 0 Å². The van der Waals surface area contributed by atoms with E-state index in [0.29, 0.717) is 5.92 Å². The van der Waals surface area contributed by atoms with Gasteiger partial charge in [-0.3, -0.25) is 0 Å². The predicted molar refractivity (Wildman–Crippen MR) is 54.8 cm³/mol. The Morgan fingerprint density at radius 2 is 1.86 bits per heavy atom. The van der Waals surface area contributed by atoms with Crippen molar-refractivity contribution in [2.24, 2.45) is 5.92 Å². The van der Waals surface area contributed by atoms with Crippen molar-refractivity contribution in [1.82, 2.24) is 0 Å². The maximum Gasteiger partial charge on any atom is 0.184 e. The zero-order valence-electron chi connectivity index (χ0n) is 8.64. The van der Waals surface area contributed by atoms with Crippen LogP contribution in [0.25, 0.3) is 0 Å². The zero-order valence-corrected chi connectivity index (χ0v) is 8.64. The molecule has 1 saturated heterocycles. The molecule has 2 heteroatoms. The Balaban J connectivity index is 2.07. The SMILES string of the molecule is C[C@H]1CO[C@@H](c2ccccc2)O[C@@H]1C. The minimum atomic E-state index is -0.178. The van der Waals surface area contributed by atoms with E-state index in [0.717, 1.165) is 12.2 Å². The molecular weight excluding hydrogens is 176 g/mol. The first-order chi connectivity index (χ1) is 6.77. The number of hydrogen-bond acceptors (Lipinski definition) is 2. The smallest absolute Gasteiger partial charge is 0.184 e. The molecule has 1 fully saturated rings. The molecule has 2 nitrogen and oxygen atoms in total. The molecule has 0 aromatic heterocycles. The van der Waals surface area contributed by atoms with Crippen LogP contribution < -0.4 is 0 Å². The van der Waals surface area contributed by atoms with Gasteiger partial charge in [0.05, 0.1) is 12.7 Å². The highest BCUT2D eigenvalue weighted by atomic mass is 16.7. The molecule has 0 N–H and O–H groups in total. The third-order valence-corrected chi connectivity index (χ3v) is 2.72. The van der Waals surface area contributed by atoms with Crippen LogP contribution in [-0.2, 0) is 9.47 Å². The Labute approximate surface area is 84.8 Å². The maximum atomic E-state index is 5.76. The van der Waals surface area contributed by atoms with Gasteiger partial charge in [0, 0.05) is 11.5 Å². The van der Waals surface area contributed by atoms with Crippen molar-refractivity contribution in [1.29, 1.82) is 0 Å². The third kappa shape index (κ3) is 1.97. The topological polar surface area (TPSA) is 18.5 Å². The fourth-order valence-corrected chi connectivity index (χ4v) is 1.53. The van der Waals surface area contributed by atoms with Crippen LogP contribution in [0.15, 0.2) is 30.3 Å². The van der Waals surface area contributed by atoms with E-state index in [2.05, 4.69) is 13.8 Å². The van der Waals surface area contributed by atoms with Crippen LogP contribution in [-0.4, -0.2) is 12.7 Å². The lowest BCUT2D eigenvalue weighted by molar-refractivity contribution is -0.233. The summed E-state index contributed by atoms with van der Waals surface area (Å²) in [5.41, 5.74) is 1.10. The number of ether oxygens (including phenoxy) is 2. The van der Waals surface area contributed by atoms with Crippen LogP contribution in [0.3, 0.4) is 0 Å². The van der Waals surface area contributed by atoms with E-state index < -0.39 is 0 Å². The van der Waals surface area contributed by atoms with Crippen LogP contribution in [0.5, 0.6) is 0 Å². The molecule has 0 radical (unpaired) electrons. The molecule has 1 heterocycles. The Morgan fingerprint density at radius 1 is 1.14 bits per heavy atom. The zero-order chi connectivity index (χ0) is 9.97. The molecule has 3 atom stereocenters. The lowest BCUT2D eigenvalue weighted by Crippen LogP contribution is -2.32. The second-order valence-electron chi connectivity index (χ2n) is 3.89. The van der Waals surface area contributed by atoms with Crippen LogP contribution in [0, 0.1) is 5.92 Å². The van der Waals surface area contributed by atoms with Gasteiger partial charge in [-0.2, -0.15) is 0 Å². The highest BCUT2D eigenvalue weighted by Gasteiger charge is 2.26. The maximum absolute atomic E-state index is 5.76. The lowest BCUT2D eigenvalue weighted by atomic mass is 10.1. The largest absolute Gasteiger partial charge is 0.348 e. The molecule has 0 unspecified atom stereocenters. The average Bonchev–Trinajstić information content (AvgIpc) is 2.23. The minimum absolute atomic E-state index is 0.178. The Hall–Kier alpha value is -0.860. The molecule has 1 aromatic carbocycles. The molecule has 2 rings (SSSR count). The predicted octanol–water partition coefficient (Wildman–Crippen LogP) is 2.76. The van der Waals surface area contributed by atoms with Crippen LogP contribution in [0.1, 0.15) is 25.7 Å². The molecular formula is C12H16O2. The van der Waals surface area contributed by atoms with Crippen molar-refractivity contribution in [2.45, 2.75) is 26.2 Å². The first-order valence-electron chi connectivity index (χ1n) is 5.09. The molecule has 0 aliphatic carbocycles. The van der Waals surface area contributed by atoms with Crippen molar-refractivity contribution in [3.05, 3.63) is 35.9 Å². The average molecular weight is 192 g/mol. The lowest BCUT2D eigenvalue weighted by Gasteiger charge is -2.33. The van der Waals surface area contributed by atoms with Gasteiger partial charge in [0.2, 0.25) is 0 Å². The Kier molecular flexibility index (Phi) is 2.85. The highest BCUT2D eigenvalue weighted by molar-refractivity contribution is 5.16. The van der Waals surface area contributed by atoms with Gasteiger partial charge in [-0.05, 0) is 6.92 Å². The molecule has 1 aliphatic heterocycles. The van der Waals surface area contributed by atoms with Gasteiger partial charge in [-0.1, -0.05) is 37.3 Å². The van der Waals surface area contributed by atoms with Crippen LogP contribution >= 0.6 is 0 Å². The summed E-state index contributed by atoms with van der Waals surface area (Å²) in [6.45, 7) is 5.02. The highest BCUT2D eigenvalue weighted by Crippen LogP contribution is 2.28. The van der Waals surface area contributed by atoms with Gasteiger partial charge in [-0.15, -0.1) is 0 Å². The number of hydrogen-bond donors (Lipinski definition) is 0. The Morgan fingerprint density at radius 3 is 2.50 bits per heavy atom. The summed E-state index contributed by atoms with van der Waals surface area (Å²) in [5, 5.41) is 0. The molecule has 1 aromatic rings. The van der Waals surface area contributed by atoms with E-state index in [-0.39, 0.29) is 12.4 Å². The molecule has 0 saturated carbocycles. The monoisotopic (exact) mass is 192 g/mol. The van der Waals surface area contributed by atoms with Crippen molar-refractivity contribution >= 4 is 0 Å². The molecule has 14 heavy (non-hydrogen) atoms. The van der Waals surface area contributed by atoms with E-state index in [1.807, 2.05) is 30.3 Å². The second-order valence-corrected chi connectivity index (χ2v) is 3.89. The summed E-state index contributed by atoms with van der Waals surface area (Å²) in [6.07, 6.45) is 0.0938. The summed E-state index contributed by atoms with van der Waals surface area (Å²) < 4.78 is 11.4. The third-order valence-electron chi connectivity index (χ3n) is 2.72. The number of benzene rings is 1. The summed E-state index contributed by atoms with van der Waals surface area (Å²) in [7, 11) is 0. The molecule has 0 spiro atoms. The van der Waals surface area contributed by atoms with E-state index in [1.165, 1.54) is 0 Å². The van der Waals surface area contributed by atoms with Gasteiger partial charge >= 0.3 is 0 Å². The van der Waals surface area contributed by atoms with Crippen LogP contribution in [0.2, 0.25) is 0 Å². The summed E-state index contributed by atoms with van der Waals surface area (Å²) >= 11 is 0. The van der Waals surface area contributed by atoms with E-state index in [9.17, 15) is 0 Å². The minimum Gasteiger partial charge on any atom is -0.348 e. The standard InChI is InChI=1S/C12H16O2/c1-9-8-13-12(14-10(9)2)11-6-4-3-5-7-11/h3-7,9-10,12H,8H2,1-2H3/t9-,10+,12+/m0/s1. The van der Waals surface area contributed by atoms with E-state index >= 15 is 0 Å². The van der Waals surface area contributed by atoms with Gasteiger partial charge in [0.1, 0.15) is 0 Å². The molecule has 0 bridgehead atoms. The van der Waals surface area contributed by atoms with Gasteiger partial charge < -0.3 is 9.47 Å². The molecule has 76 valence electrons. The Bertz CT molecular complexity index is 284. The quantitative estimate of drug-likeness (QED) is 0.681. The summed E-state index contributed by atoms with van der Waals surface area (Å²) in [4.78, 5) is 0. The van der Waals surface area contributed by atoms with Gasteiger partial charge in [0.15, 0.2) is 6.29 Å². The van der Waals surface area contributed by atoms with E-state index in [4.69, 9.17) is 9.47 Å². The van der Waals surface area contributed by atoms with Crippen molar-refractivity contribution in [3.8, 4) is 0 Å². The van der Waals surface area contributed by atoms with E-state index in [1.54, 1.807) is 0 Å². The number of rotatable bonds is 1. The first kappa shape index (κ1) is 9.69. The van der Waals surface area contributed by atoms with Crippen molar-refractivity contribution < 1.29 is 9.47 Å².